The Hall–Kier alpha value is -2.06. The monoisotopic (exact) mass is 327 g/mol. The Morgan fingerprint density at radius 1 is 1.21 bits per heavy atom. The number of ether oxygens (including phenoxy) is 1. The average Bonchev–Trinajstić information content (AvgIpc) is 2.78. The summed E-state index contributed by atoms with van der Waals surface area (Å²) in [5.41, 5.74) is 1.44. The van der Waals surface area contributed by atoms with E-state index >= 15 is 0 Å². The van der Waals surface area contributed by atoms with Crippen LogP contribution in [0.25, 0.3) is 4.85 Å². The molecule has 0 N–H and O–H groups in total. The van der Waals surface area contributed by atoms with Crippen molar-refractivity contribution in [1.82, 2.24) is 9.80 Å². The third-order valence-electron chi connectivity index (χ3n) is 4.63. The van der Waals surface area contributed by atoms with Crippen LogP contribution >= 0.6 is 0 Å². The molecule has 1 aromatic rings. The number of carbonyl (C=O) groups is 1. The number of amides is 1. The molecule has 2 bridgehead atoms. The molecule has 0 aromatic heterocycles. The largest absolute Gasteiger partial charge is 0.444 e. The number of carbonyl (C=O) groups excluding carboxylic acids is 1. The maximum Gasteiger partial charge on any atom is 0.410 e. The van der Waals surface area contributed by atoms with E-state index in [9.17, 15) is 4.79 Å². The highest BCUT2D eigenvalue weighted by atomic mass is 16.6. The van der Waals surface area contributed by atoms with E-state index in [4.69, 9.17) is 11.3 Å². The molecule has 0 aliphatic carbocycles. The molecule has 5 nitrogen and oxygen atoms in total. The highest BCUT2D eigenvalue weighted by Gasteiger charge is 2.44. The van der Waals surface area contributed by atoms with Crippen molar-refractivity contribution in [2.24, 2.45) is 0 Å². The average molecular weight is 327 g/mol. The first-order valence-electron chi connectivity index (χ1n) is 8.56. The zero-order valence-corrected chi connectivity index (χ0v) is 14.7. The van der Waals surface area contributed by atoms with Gasteiger partial charge in [-0.25, -0.2) is 9.64 Å². The molecule has 24 heavy (non-hydrogen) atoms. The van der Waals surface area contributed by atoms with Gasteiger partial charge in [-0.1, -0.05) is 24.3 Å². The number of hydrogen-bond acceptors (Lipinski definition) is 3. The Balaban J connectivity index is 1.62. The molecule has 2 fully saturated rings. The van der Waals surface area contributed by atoms with Gasteiger partial charge in [0.05, 0.1) is 6.57 Å². The van der Waals surface area contributed by atoms with Crippen LogP contribution in [0.1, 0.15) is 39.2 Å². The lowest BCUT2D eigenvalue weighted by atomic mass is 10.1. The minimum absolute atomic E-state index is 0.170. The van der Waals surface area contributed by atoms with Gasteiger partial charge in [-0.2, -0.15) is 0 Å². The van der Waals surface area contributed by atoms with E-state index in [1.807, 2.05) is 49.9 Å². The molecule has 0 saturated carbocycles. The molecule has 1 amide bonds. The van der Waals surface area contributed by atoms with Crippen molar-refractivity contribution in [3.63, 3.8) is 0 Å². The Bertz CT molecular complexity index is 628. The van der Waals surface area contributed by atoms with Crippen LogP contribution in [0, 0.1) is 6.57 Å². The lowest BCUT2D eigenvalue weighted by Gasteiger charge is -2.41. The fraction of sp³-hybridized carbons (Fsp3) is 0.579. The summed E-state index contributed by atoms with van der Waals surface area (Å²) in [6.07, 6.45) is 1.93. The van der Waals surface area contributed by atoms with E-state index in [2.05, 4.69) is 9.74 Å². The number of hydrogen-bond donors (Lipinski definition) is 0. The van der Waals surface area contributed by atoms with Gasteiger partial charge in [-0.3, -0.25) is 9.80 Å². The Kier molecular flexibility index (Phi) is 4.51. The SMILES string of the molecule is [C-]#[N+]c1ccc(CN2CC3CCC(C2)N3C(=O)OC(C)(C)C)cc1. The Morgan fingerprint density at radius 3 is 2.29 bits per heavy atom. The fourth-order valence-corrected chi connectivity index (χ4v) is 3.67. The second kappa shape index (κ2) is 6.45. The van der Waals surface area contributed by atoms with Gasteiger partial charge in [0.1, 0.15) is 5.60 Å². The second-order valence-electron chi connectivity index (χ2n) is 7.74. The molecule has 2 saturated heterocycles. The van der Waals surface area contributed by atoms with Crippen molar-refractivity contribution < 1.29 is 9.53 Å². The lowest BCUT2D eigenvalue weighted by molar-refractivity contribution is -0.00541. The van der Waals surface area contributed by atoms with Crippen LogP contribution in [-0.4, -0.2) is 46.7 Å². The maximum absolute atomic E-state index is 12.5. The summed E-state index contributed by atoms with van der Waals surface area (Å²) in [5, 5.41) is 0. The summed E-state index contributed by atoms with van der Waals surface area (Å²) in [7, 11) is 0. The van der Waals surface area contributed by atoms with Crippen molar-refractivity contribution in [2.75, 3.05) is 13.1 Å². The van der Waals surface area contributed by atoms with Crippen molar-refractivity contribution >= 4 is 11.8 Å². The first-order valence-corrected chi connectivity index (χ1v) is 8.56. The zero-order chi connectivity index (χ0) is 17.3. The summed E-state index contributed by atoms with van der Waals surface area (Å²) in [6.45, 7) is 15.4. The van der Waals surface area contributed by atoms with Gasteiger partial charge in [0, 0.05) is 31.7 Å². The van der Waals surface area contributed by atoms with Gasteiger partial charge in [0.2, 0.25) is 0 Å². The molecule has 2 atom stereocenters. The van der Waals surface area contributed by atoms with E-state index in [0.717, 1.165) is 32.5 Å². The van der Waals surface area contributed by atoms with Crippen molar-refractivity contribution in [2.45, 2.75) is 57.8 Å². The molecular weight excluding hydrogens is 302 g/mol. The van der Waals surface area contributed by atoms with Crippen LogP contribution in [0.4, 0.5) is 10.5 Å². The van der Waals surface area contributed by atoms with Gasteiger partial charge in [-0.15, -0.1) is 0 Å². The van der Waals surface area contributed by atoms with E-state index in [1.54, 1.807) is 0 Å². The molecule has 1 aromatic carbocycles. The van der Waals surface area contributed by atoms with Crippen molar-refractivity contribution in [3.05, 3.63) is 41.2 Å². The second-order valence-corrected chi connectivity index (χ2v) is 7.74. The van der Waals surface area contributed by atoms with E-state index in [0.29, 0.717) is 5.69 Å². The molecule has 2 unspecified atom stereocenters. The fourth-order valence-electron chi connectivity index (χ4n) is 3.67. The molecule has 0 radical (unpaired) electrons. The summed E-state index contributed by atoms with van der Waals surface area (Å²) in [6, 6.07) is 8.29. The molecule has 0 spiro atoms. The van der Waals surface area contributed by atoms with Crippen LogP contribution in [-0.2, 0) is 11.3 Å². The number of nitrogens with zero attached hydrogens (tertiary/aromatic N) is 3. The zero-order valence-electron chi connectivity index (χ0n) is 14.7. The number of benzene rings is 1. The first kappa shape index (κ1) is 16.8. The van der Waals surface area contributed by atoms with Gasteiger partial charge in [-0.05, 0) is 39.2 Å². The van der Waals surface area contributed by atoms with Crippen LogP contribution < -0.4 is 0 Å². The Morgan fingerprint density at radius 2 is 1.79 bits per heavy atom. The third-order valence-corrected chi connectivity index (χ3v) is 4.63. The number of likely N-dealkylation sites (tertiary alicyclic amines) is 1. The lowest BCUT2D eigenvalue weighted by Crippen LogP contribution is -2.56. The van der Waals surface area contributed by atoms with Crippen LogP contribution in [0.3, 0.4) is 0 Å². The van der Waals surface area contributed by atoms with E-state index in [-0.39, 0.29) is 18.2 Å². The topological polar surface area (TPSA) is 37.1 Å². The van der Waals surface area contributed by atoms with Gasteiger partial charge >= 0.3 is 6.09 Å². The molecule has 2 aliphatic rings. The molecule has 2 aliphatic heterocycles. The summed E-state index contributed by atoms with van der Waals surface area (Å²) in [5.74, 6) is 0. The van der Waals surface area contributed by atoms with Gasteiger partial charge < -0.3 is 4.74 Å². The molecule has 5 heteroatoms. The van der Waals surface area contributed by atoms with Crippen LogP contribution in [0.5, 0.6) is 0 Å². The normalized spacial score (nSPS) is 23.8. The smallest absolute Gasteiger partial charge is 0.410 e. The molecular formula is C19H25N3O2. The number of fused-ring (bicyclic) bond motifs is 2. The third kappa shape index (κ3) is 3.70. The maximum atomic E-state index is 12.5. The summed E-state index contributed by atoms with van der Waals surface area (Å²) >= 11 is 0. The quantitative estimate of drug-likeness (QED) is 0.775. The van der Waals surface area contributed by atoms with E-state index in [1.165, 1.54) is 5.56 Å². The highest BCUT2D eigenvalue weighted by Crippen LogP contribution is 2.32. The van der Waals surface area contributed by atoms with Crippen molar-refractivity contribution in [3.8, 4) is 0 Å². The van der Waals surface area contributed by atoms with Crippen LogP contribution in [0.2, 0.25) is 0 Å². The molecule has 2 heterocycles. The van der Waals surface area contributed by atoms with E-state index < -0.39 is 5.60 Å². The Labute approximate surface area is 144 Å². The van der Waals surface area contributed by atoms with Gasteiger partial charge in [0.25, 0.3) is 0 Å². The first-order chi connectivity index (χ1) is 11.4. The predicted octanol–water partition coefficient (Wildman–Crippen LogP) is 3.82. The minimum atomic E-state index is -0.446. The standard InChI is InChI=1S/C19H25N3O2/c1-19(2,3)24-18(23)22-16-9-10-17(22)13-21(12-16)11-14-5-7-15(20-4)8-6-14/h5-8,16-17H,9-13H2,1-3H3. The molecule has 128 valence electrons. The van der Waals surface area contributed by atoms with Crippen molar-refractivity contribution in [1.29, 1.82) is 0 Å². The highest BCUT2D eigenvalue weighted by molar-refractivity contribution is 5.69. The number of rotatable bonds is 2. The van der Waals surface area contributed by atoms with Crippen LogP contribution in [0.15, 0.2) is 24.3 Å². The molecule has 3 rings (SSSR count). The van der Waals surface area contributed by atoms with Gasteiger partial charge in [0.15, 0.2) is 5.69 Å². The summed E-state index contributed by atoms with van der Waals surface area (Å²) < 4.78 is 5.58. The minimum Gasteiger partial charge on any atom is -0.444 e. The summed E-state index contributed by atoms with van der Waals surface area (Å²) in [4.78, 5) is 20.3. The predicted molar refractivity (Wildman–Crippen MR) is 92.9 cm³/mol. The number of piperazine rings is 1.